The molecule has 1 unspecified atom stereocenters. The second-order valence-corrected chi connectivity index (χ2v) is 12.2. The first-order valence-corrected chi connectivity index (χ1v) is 13.4. The zero-order chi connectivity index (χ0) is 27.1. The first-order chi connectivity index (χ1) is 17.3. The molecule has 37 heavy (non-hydrogen) atoms. The van der Waals surface area contributed by atoms with Gasteiger partial charge in [-0.2, -0.15) is 0 Å². The van der Waals surface area contributed by atoms with Crippen molar-refractivity contribution in [2.24, 2.45) is 0 Å². The number of nitrogens with zero attached hydrogens (tertiary/aromatic N) is 2. The van der Waals surface area contributed by atoms with Gasteiger partial charge in [0.05, 0.1) is 6.10 Å². The Balaban J connectivity index is 1.72. The predicted octanol–water partition coefficient (Wildman–Crippen LogP) is 5.72. The average molecular weight is 507 g/mol. The average Bonchev–Trinajstić information content (AvgIpc) is 2.84. The number of aliphatic hydroxyl groups excluding tert-OH is 1. The molecule has 0 bridgehead atoms. The van der Waals surface area contributed by atoms with Gasteiger partial charge < -0.3 is 20.2 Å². The van der Waals surface area contributed by atoms with Crippen LogP contribution in [0.4, 0.5) is 5.69 Å². The van der Waals surface area contributed by atoms with Gasteiger partial charge in [-0.15, -0.1) is 0 Å². The van der Waals surface area contributed by atoms with Gasteiger partial charge in [0, 0.05) is 37.9 Å². The van der Waals surface area contributed by atoms with E-state index in [0.717, 1.165) is 44.6 Å². The van der Waals surface area contributed by atoms with Crippen molar-refractivity contribution in [2.45, 2.75) is 77.4 Å². The highest BCUT2D eigenvalue weighted by Crippen LogP contribution is 2.50. The number of aliphatic hydroxyl groups is 1. The van der Waals surface area contributed by atoms with E-state index in [1.54, 1.807) is 18.2 Å². The third-order valence-corrected chi connectivity index (χ3v) is 8.37. The van der Waals surface area contributed by atoms with E-state index >= 15 is 0 Å². The van der Waals surface area contributed by atoms with Gasteiger partial charge in [0.15, 0.2) is 0 Å². The standard InChI is InChI=1S/C31H42N2O4/c1-20(2)32-13-15-33(16-14-32)25-19-22(18-24-28(25)31(5,6)12-11-30(24,3)4)26(34)10-8-21-7-9-23(29(36)37)27(35)17-21/h7-10,17-20,26,34-35H,11-16H2,1-6H3,(H,36,37)/b10-8-. The lowest BCUT2D eigenvalue weighted by Gasteiger charge is -2.46. The van der Waals surface area contributed by atoms with Crippen molar-refractivity contribution < 1.29 is 20.1 Å². The number of carboxylic acid groups (broad SMARTS) is 1. The fourth-order valence-corrected chi connectivity index (χ4v) is 5.82. The number of piperazine rings is 1. The molecule has 1 aliphatic carbocycles. The molecule has 6 nitrogen and oxygen atoms in total. The van der Waals surface area contributed by atoms with Crippen LogP contribution in [0.5, 0.6) is 5.75 Å². The summed E-state index contributed by atoms with van der Waals surface area (Å²) >= 11 is 0. The Morgan fingerprint density at radius 3 is 2.22 bits per heavy atom. The Morgan fingerprint density at radius 2 is 1.62 bits per heavy atom. The van der Waals surface area contributed by atoms with E-state index in [9.17, 15) is 15.0 Å². The lowest BCUT2D eigenvalue weighted by Crippen LogP contribution is -2.50. The molecule has 0 spiro atoms. The summed E-state index contributed by atoms with van der Waals surface area (Å²) in [4.78, 5) is 16.2. The minimum Gasteiger partial charge on any atom is -0.507 e. The Hall–Kier alpha value is -2.83. The molecule has 1 atom stereocenters. The lowest BCUT2D eigenvalue weighted by molar-refractivity contribution is 0.0693. The largest absolute Gasteiger partial charge is 0.507 e. The molecule has 0 radical (unpaired) electrons. The molecule has 1 fully saturated rings. The zero-order valence-corrected chi connectivity index (χ0v) is 23.1. The van der Waals surface area contributed by atoms with Crippen LogP contribution in [0.25, 0.3) is 6.08 Å². The molecule has 0 saturated carbocycles. The van der Waals surface area contributed by atoms with Crippen molar-refractivity contribution >= 4 is 17.7 Å². The topological polar surface area (TPSA) is 84.2 Å². The number of benzene rings is 2. The van der Waals surface area contributed by atoms with Crippen LogP contribution in [0.15, 0.2) is 36.4 Å². The second-order valence-electron chi connectivity index (χ2n) is 12.2. The molecule has 2 aromatic rings. The van der Waals surface area contributed by atoms with Gasteiger partial charge in [-0.25, -0.2) is 4.79 Å². The van der Waals surface area contributed by atoms with Crippen molar-refractivity contribution in [1.29, 1.82) is 0 Å². The van der Waals surface area contributed by atoms with Gasteiger partial charge >= 0.3 is 5.97 Å². The maximum absolute atomic E-state index is 11.3. The van der Waals surface area contributed by atoms with Crippen LogP contribution in [0.2, 0.25) is 0 Å². The third kappa shape index (κ3) is 5.55. The molecule has 3 N–H and O–H groups in total. The monoisotopic (exact) mass is 506 g/mol. The van der Waals surface area contributed by atoms with Crippen molar-refractivity contribution in [2.75, 3.05) is 31.1 Å². The van der Waals surface area contributed by atoms with Crippen molar-refractivity contribution in [3.63, 3.8) is 0 Å². The minimum atomic E-state index is -1.17. The number of hydrogen-bond donors (Lipinski definition) is 3. The Bertz CT molecular complexity index is 1190. The molecule has 4 rings (SSSR count). The summed E-state index contributed by atoms with van der Waals surface area (Å²) in [5, 5.41) is 30.4. The van der Waals surface area contributed by atoms with E-state index in [1.165, 1.54) is 28.9 Å². The second kappa shape index (κ2) is 10.1. The van der Waals surface area contributed by atoms with Gasteiger partial charge in [-0.1, -0.05) is 52.0 Å². The van der Waals surface area contributed by atoms with Crippen LogP contribution in [0.1, 0.15) is 93.1 Å². The number of aromatic carboxylic acids is 1. The van der Waals surface area contributed by atoms with Crippen LogP contribution in [0, 0.1) is 0 Å². The summed E-state index contributed by atoms with van der Waals surface area (Å²) in [5.41, 5.74) is 5.38. The fourth-order valence-electron chi connectivity index (χ4n) is 5.82. The molecular formula is C31H42N2O4. The first kappa shape index (κ1) is 27.2. The van der Waals surface area contributed by atoms with E-state index in [0.29, 0.717) is 11.6 Å². The van der Waals surface area contributed by atoms with Gasteiger partial charge in [0.25, 0.3) is 0 Å². The maximum Gasteiger partial charge on any atom is 0.339 e. The predicted molar refractivity (Wildman–Crippen MR) is 150 cm³/mol. The number of rotatable bonds is 6. The highest BCUT2D eigenvalue weighted by molar-refractivity contribution is 5.91. The Kier molecular flexibility index (Phi) is 7.46. The summed E-state index contributed by atoms with van der Waals surface area (Å²) in [6.45, 7) is 17.8. The molecule has 6 heteroatoms. The van der Waals surface area contributed by atoms with E-state index in [2.05, 4.69) is 63.5 Å². The molecule has 2 aliphatic rings. The van der Waals surface area contributed by atoms with E-state index in [1.807, 2.05) is 0 Å². The highest BCUT2D eigenvalue weighted by Gasteiger charge is 2.40. The number of anilines is 1. The van der Waals surface area contributed by atoms with Crippen LogP contribution in [-0.2, 0) is 10.8 Å². The van der Waals surface area contributed by atoms with Gasteiger partial charge in [0.1, 0.15) is 11.3 Å². The number of fused-ring (bicyclic) bond motifs is 1. The van der Waals surface area contributed by atoms with E-state index in [-0.39, 0.29) is 22.1 Å². The number of carbonyl (C=O) groups is 1. The summed E-state index contributed by atoms with van der Waals surface area (Å²) in [7, 11) is 0. The SMILES string of the molecule is CC(C)N1CCN(c2cc(C(O)/C=C\c3ccc(C(=O)O)c(O)c3)cc3c2C(C)(C)CCC3(C)C)CC1. The van der Waals surface area contributed by atoms with Crippen molar-refractivity contribution in [1.82, 2.24) is 4.90 Å². The molecule has 0 aromatic heterocycles. The van der Waals surface area contributed by atoms with Crippen molar-refractivity contribution in [3.8, 4) is 5.75 Å². The van der Waals surface area contributed by atoms with Gasteiger partial charge in [0.2, 0.25) is 0 Å². The molecule has 0 amide bonds. The van der Waals surface area contributed by atoms with Crippen molar-refractivity contribution in [3.05, 3.63) is 64.2 Å². The zero-order valence-electron chi connectivity index (χ0n) is 23.1. The summed E-state index contributed by atoms with van der Waals surface area (Å²) in [5.74, 6) is -1.46. The fraction of sp³-hybridized carbons (Fsp3) is 0.516. The highest BCUT2D eigenvalue weighted by atomic mass is 16.4. The maximum atomic E-state index is 11.3. The summed E-state index contributed by atoms with van der Waals surface area (Å²) in [6, 6.07) is 9.31. The van der Waals surface area contributed by atoms with Crippen LogP contribution < -0.4 is 4.90 Å². The quantitative estimate of drug-likeness (QED) is 0.465. The molecular weight excluding hydrogens is 464 g/mol. The number of carboxylic acids is 1. The Labute approximate surface area is 221 Å². The lowest BCUT2D eigenvalue weighted by atomic mass is 9.62. The Morgan fingerprint density at radius 1 is 0.973 bits per heavy atom. The smallest absolute Gasteiger partial charge is 0.339 e. The molecule has 200 valence electrons. The summed E-state index contributed by atoms with van der Waals surface area (Å²) in [6.07, 6.45) is 4.83. The molecule has 1 saturated heterocycles. The first-order valence-electron chi connectivity index (χ1n) is 13.4. The summed E-state index contributed by atoms with van der Waals surface area (Å²) < 4.78 is 0. The molecule has 1 heterocycles. The molecule has 2 aromatic carbocycles. The van der Waals surface area contributed by atoms with Crippen LogP contribution in [0.3, 0.4) is 0 Å². The number of phenols is 1. The number of hydrogen-bond acceptors (Lipinski definition) is 5. The van der Waals surface area contributed by atoms with Crippen LogP contribution in [-0.4, -0.2) is 58.4 Å². The molecule has 1 aliphatic heterocycles. The van der Waals surface area contributed by atoms with E-state index in [4.69, 9.17) is 5.11 Å². The third-order valence-electron chi connectivity index (χ3n) is 8.37. The van der Waals surface area contributed by atoms with Gasteiger partial charge in [-0.05, 0) is 78.0 Å². The number of aromatic hydroxyl groups is 1. The normalized spacial score (nSPS) is 20.3. The van der Waals surface area contributed by atoms with Crippen LogP contribution >= 0.6 is 0 Å². The van der Waals surface area contributed by atoms with E-state index < -0.39 is 12.1 Å². The van der Waals surface area contributed by atoms with Gasteiger partial charge in [-0.3, -0.25) is 4.90 Å². The minimum absolute atomic E-state index is 0.0112.